The predicted octanol–water partition coefficient (Wildman–Crippen LogP) is 1.19. The van der Waals surface area contributed by atoms with Crippen molar-refractivity contribution >= 4 is 58.3 Å². The number of aliphatic carboxylic acids is 1. The summed E-state index contributed by atoms with van der Waals surface area (Å²) in [6, 6.07) is 5.08. The Balaban J connectivity index is 1.93. The number of nitrogens with zero attached hydrogens (tertiary/aromatic N) is 1. The Bertz CT molecular complexity index is 2170. The second-order valence-corrected chi connectivity index (χ2v) is 17.9. The summed E-state index contributed by atoms with van der Waals surface area (Å²) in [6.45, 7) is 12.6. The fraction of sp³-hybridized carbons (Fsp3) is 0.532. The van der Waals surface area contributed by atoms with Crippen LogP contribution in [0.2, 0.25) is 0 Å². The van der Waals surface area contributed by atoms with Crippen LogP contribution in [0.4, 0.5) is 0 Å². The standard InChI is InChI=1S/C47H71N11O9/c1-8-27(6)39(45(65)56-37(23-30-24-52-34-14-10-9-12-32(30)34)42(62)53-28(7)40(60)57-38(46(66)67)21-26(4)5)58-44(64)36(22-29-15-17-31(59)18-16-29)55-43(63)35(20-25(2)3)54-41(61)33(48)13-11-19-51-47(49)50/h9-10,12,14-18,24-28,33,35-39,52,59H,8,11,13,19-23,48H2,1-7H3,(H,53,62)(H,54,61)(H,55,63)(H,56,65)(H,57,60)(H,58,64)(H,66,67)(H4,49,50,51)/t27-,28-,33-,35-,36-,37-,38-,39-/m0/s1. The fourth-order valence-corrected chi connectivity index (χ4v) is 7.30. The van der Waals surface area contributed by atoms with Crippen LogP contribution in [-0.4, -0.2) is 111 Å². The molecule has 0 unspecified atom stereocenters. The van der Waals surface area contributed by atoms with E-state index in [0.717, 1.165) is 10.9 Å². The number of aliphatic imine (C=N–C) groups is 1. The van der Waals surface area contributed by atoms with Crippen LogP contribution >= 0.6 is 0 Å². The van der Waals surface area contributed by atoms with E-state index in [0.29, 0.717) is 24.0 Å². The summed E-state index contributed by atoms with van der Waals surface area (Å²) in [6.07, 6.45) is 2.99. The fourth-order valence-electron chi connectivity index (χ4n) is 7.30. The number of guanidine groups is 1. The minimum atomic E-state index is -1.30. The lowest BCUT2D eigenvalue weighted by atomic mass is 9.96. The zero-order valence-corrected chi connectivity index (χ0v) is 39.6. The molecule has 1 heterocycles. The molecule has 1 aromatic heterocycles. The van der Waals surface area contributed by atoms with Crippen LogP contribution in [0.15, 0.2) is 59.7 Å². The van der Waals surface area contributed by atoms with Crippen LogP contribution in [-0.2, 0) is 46.4 Å². The largest absolute Gasteiger partial charge is 0.508 e. The van der Waals surface area contributed by atoms with E-state index in [9.17, 15) is 43.8 Å². The molecule has 6 amide bonds. The molecule has 0 fully saturated rings. The molecule has 20 nitrogen and oxygen atoms in total. The number of amides is 6. The number of carbonyl (C=O) groups excluding carboxylic acids is 6. The number of aromatic nitrogens is 1. The number of fused-ring (bicyclic) bond motifs is 1. The van der Waals surface area contributed by atoms with Crippen molar-refractivity contribution in [1.82, 2.24) is 36.9 Å². The van der Waals surface area contributed by atoms with Gasteiger partial charge in [0, 0.05) is 36.5 Å². The van der Waals surface area contributed by atoms with Gasteiger partial charge in [0.2, 0.25) is 35.4 Å². The second kappa shape index (κ2) is 26.4. The number of nitrogens with one attached hydrogen (secondary N) is 7. The number of nitrogens with two attached hydrogens (primary N) is 3. The molecule has 20 heteroatoms. The molecule has 3 rings (SSSR count). The number of hydrogen-bond acceptors (Lipinski definition) is 10. The number of H-pyrrole nitrogens is 1. The highest BCUT2D eigenvalue weighted by atomic mass is 16.4. The van der Waals surface area contributed by atoms with Gasteiger partial charge in [-0.05, 0) is 79.7 Å². The molecule has 0 aliphatic rings. The topological polar surface area (TPSA) is 338 Å². The van der Waals surface area contributed by atoms with Gasteiger partial charge in [0.1, 0.15) is 42.0 Å². The number of rotatable bonds is 27. The average molecular weight is 934 g/mol. The maximum absolute atomic E-state index is 14.5. The zero-order valence-electron chi connectivity index (χ0n) is 39.6. The molecular formula is C47H71N11O9. The zero-order chi connectivity index (χ0) is 50.0. The number of phenolic OH excluding ortho intramolecular Hbond substituents is 1. The molecule has 0 radical (unpaired) electrons. The van der Waals surface area contributed by atoms with Gasteiger partial charge in [0.05, 0.1) is 6.04 Å². The predicted molar refractivity (Wildman–Crippen MR) is 255 cm³/mol. The molecular weight excluding hydrogens is 863 g/mol. The molecule has 0 aliphatic carbocycles. The number of benzene rings is 2. The van der Waals surface area contributed by atoms with E-state index in [1.807, 2.05) is 58.9 Å². The molecule has 2 aromatic carbocycles. The first-order valence-corrected chi connectivity index (χ1v) is 22.8. The molecule has 0 aliphatic heterocycles. The first-order valence-electron chi connectivity index (χ1n) is 22.8. The lowest BCUT2D eigenvalue weighted by Gasteiger charge is -2.30. The van der Waals surface area contributed by atoms with Crippen molar-refractivity contribution in [2.45, 2.75) is 136 Å². The number of aromatic amines is 1. The van der Waals surface area contributed by atoms with Gasteiger partial charge in [-0.25, -0.2) is 4.79 Å². The number of aromatic hydroxyl groups is 1. The summed E-state index contributed by atoms with van der Waals surface area (Å²) >= 11 is 0. The number of hydrogen-bond donors (Lipinski definition) is 12. The van der Waals surface area contributed by atoms with E-state index < -0.39 is 89.6 Å². The average Bonchev–Trinajstić information content (AvgIpc) is 3.68. The number of para-hydroxylation sites is 1. The van der Waals surface area contributed by atoms with E-state index in [1.54, 1.807) is 25.3 Å². The summed E-state index contributed by atoms with van der Waals surface area (Å²) in [5.74, 6) is -6.16. The van der Waals surface area contributed by atoms with Gasteiger partial charge in [-0.3, -0.25) is 33.8 Å². The van der Waals surface area contributed by atoms with E-state index in [1.165, 1.54) is 19.1 Å². The minimum absolute atomic E-state index is 0.0199. The van der Waals surface area contributed by atoms with Gasteiger partial charge in [0.25, 0.3) is 0 Å². The minimum Gasteiger partial charge on any atom is -0.508 e. The quantitative estimate of drug-likeness (QED) is 0.0292. The third-order valence-electron chi connectivity index (χ3n) is 11.3. The first kappa shape index (κ1) is 54.6. The summed E-state index contributed by atoms with van der Waals surface area (Å²) in [4.78, 5) is 102. The molecule has 0 bridgehead atoms. The van der Waals surface area contributed by atoms with Gasteiger partial charge < -0.3 is 64.3 Å². The van der Waals surface area contributed by atoms with Gasteiger partial charge in [-0.2, -0.15) is 0 Å². The summed E-state index contributed by atoms with van der Waals surface area (Å²) in [5, 5.41) is 36.7. The van der Waals surface area contributed by atoms with E-state index in [-0.39, 0.29) is 62.2 Å². The molecule has 15 N–H and O–H groups in total. The Morgan fingerprint density at radius 2 is 1.22 bits per heavy atom. The summed E-state index contributed by atoms with van der Waals surface area (Å²) in [7, 11) is 0. The van der Waals surface area contributed by atoms with E-state index in [2.05, 4.69) is 41.9 Å². The van der Waals surface area contributed by atoms with Gasteiger partial charge in [-0.1, -0.05) is 78.3 Å². The van der Waals surface area contributed by atoms with Crippen molar-refractivity contribution in [2.75, 3.05) is 6.54 Å². The van der Waals surface area contributed by atoms with E-state index >= 15 is 0 Å². The highest BCUT2D eigenvalue weighted by Gasteiger charge is 2.35. The first-order chi connectivity index (χ1) is 31.6. The van der Waals surface area contributed by atoms with Crippen LogP contribution < -0.4 is 49.1 Å². The third kappa shape index (κ3) is 17.9. The highest BCUT2D eigenvalue weighted by Crippen LogP contribution is 2.20. The maximum Gasteiger partial charge on any atom is 0.326 e. The van der Waals surface area contributed by atoms with Crippen LogP contribution in [0.1, 0.15) is 91.7 Å². The van der Waals surface area contributed by atoms with Crippen molar-refractivity contribution in [2.24, 2.45) is 39.9 Å². The lowest BCUT2D eigenvalue weighted by molar-refractivity contribution is -0.142. The van der Waals surface area contributed by atoms with Crippen molar-refractivity contribution in [3.05, 3.63) is 65.9 Å². The summed E-state index contributed by atoms with van der Waals surface area (Å²) < 4.78 is 0. The van der Waals surface area contributed by atoms with Crippen molar-refractivity contribution < 1.29 is 43.8 Å². The number of carboxylic acid groups (broad SMARTS) is 1. The van der Waals surface area contributed by atoms with Crippen molar-refractivity contribution in [3.8, 4) is 5.75 Å². The monoisotopic (exact) mass is 934 g/mol. The second-order valence-electron chi connectivity index (χ2n) is 17.9. The van der Waals surface area contributed by atoms with Crippen LogP contribution in [0.3, 0.4) is 0 Å². The molecule has 8 atom stereocenters. The molecule has 0 spiro atoms. The molecule has 0 saturated carbocycles. The van der Waals surface area contributed by atoms with Crippen LogP contribution in [0.5, 0.6) is 5.75 Å². The smallest absolute Gasteiger partial charge is 0.326 e. The Labute approximate surface area is 391 Å². The molecule has 368 valence electrons. The maximum atomic E-state index is 14.5. The Morgan fingerprint density at radius 1 is 0.672 bits per heavy atom. The van der Waals surface area contributed by atoms with Crippen LogP contribution in [0.25, 0.3) is 10.9 Å². The SMILES string of the molecule is CC[C@H](C)[C@H](NC(=O)[C@H](Cc1ccc(O)cc1)NC(=O)[C@H](CC(C)C)NC(=O)[C@@H](N)CCCN=C(N)N)C(=O)N[C@@H](Cc1c[nH]c2ccccc12)C(=O)N[C@@H](C)C(=O)N[C@@H](CC(C)C)C(=O)O. The van der Waals surface area contributed by atoms with Crippen molar-refractivity contribution in [3.63, 3.8) is 0 Å². The third-order valence-corrected chi connectivity index (χ3v) is 11.3. The summed E-state index contributed by atoms with van der Waals surface area (Å²) in [5.41, 5.74) is 18.9. The van der Waals surface area contributed by atoms with Crippen molar-refractivity contribution in [1.29, 1.82) is 0 Å². The van der Waals surface area contributed by atoms with Gasteiger partial charge in [0.15, 0.2) is 5.96 Å². The Morgan fingerprint density at radius 3 is 1.84 bits per heavy atom. The normalized spacial score (nSPS) is 14.9. The van der Waals surface area contributed by atoms with E-state index in [4.69, 9.17) is 17.2 Å². The molecule has 3 aromatic rings. The van der Waals surface area contributed by atoms with Crippen LogP contribution in [0, 0.1) is 17.8 Å². The van der Waals surface area contributed by atoms with Gasteiger partial charge >= 0.3 is 5.97 Å². The Kier molecular flexibility index (Phi) is 21.6. The molecule has 67 heavy (non-hydrogen) atoms. The number of carboxylic acids is 1. The Hall–Kier alpha value is -6.70. The van der Waals surface area contributed by atoms with Gasteiger partial charge in [-0.15, -0.1) is 0 Å². The molecule has 0 saturated heterocycles. The lowest BCUT2D eigenvalue weighted by Crippen LogP contribution is -2.61. The highest BCUT2D eigenvalue weighted by molar-refractivity contribution is 5.97. The number of carbonyl (C=O) groups is 7. The number of phenols is 1.